The second-order valence-corrected chi connectivity index (χ2v) is 3.15. The van der Waals surface area contributed by atoms with Gasteiger partial charge in [-0.05, 0) is 27.3 Å². The molecule has 0 aliphatic heterocycles. The molecule has 3 heteroatoms. The fourth-order valence-electron chi connectivity index (χ4n) is 0.893. The Balaban J connectivity index is 3.88. The minimum absolute atomic E-state index is 0.103. The predicted octanol–water partition coefficient (Wildman–Crippen LogP) is 0.980. The van der Waals surface area contributed by atoms with Gasteiger partial charge in [0, 0.05) is 6.61 Å². The summed E-state index contributed by atoms with van der Waals surface area (Å²) in [6.07, 6.45) is 0. The van der Waals surface area contributed by atoms with Gasteiger partial charge in [0.2, 0.25) is 0 Å². The third-order valence-corrected chi connectivity index (χ3v) is 1.71. The molecular weight excluding hydrogens is 154 g/mol. The SMILES string of the molecule is CCNCC(=O)C(C)(C)OCC. The van der Waals surface area contributed by atoms with Crippen LogP contribution in [-0.4, -0.2) is 31.1 Å². The molecule has 0 atom stereocenters. The predicted molar refractivity (Wildman–Crippen MR) is 49.3 cm³/mol. The van der Waals surface area contributed by atoms with E-state index in [1.165, 1.54) is 0 Å². The molecule has 0 amide bonds. The number of likely N-dealkylation sites (N-methyl/N-ethyl adjacent to an activating group) is 1. The van der Waals surface area contributed by atoms with Crippen molar-refractivity contribution in [3.8, 4) is 0 Å². The van der Waals surface area contributed by atoms with Crippen LogP contribution in [0.4, 0.5) is 0 Å². The molecule has 0 heterocycles. The summed E-state index contributed by atoms with van der Waals surface area (Å²) in [6, 6.07) is 0. The van der Waals surface area contributed by atoms with Crippen molar-refractivity contribution in [3.05, 3.63) is 0 Å². The lowest BCUT2D eigenvalue weighted by Crippen LogP contribution is -2.41. The highest BCUT2D eigenvalue weighted by Crippen LogP contribution is 2.09. The fraction of sp³-hybridized carbons (Fsp3) is 0.889. The summed E-state index contributed by atoms with van der Waals surface area (Å²) in [7, 11) is 0. The lowest BCUT2D eigenvalue weighted by Gasteiger charge is -2.22. The zero-order valence-electron chi connectivity index (χ0n) is 8.44. The van der Waals surface area contributed by atoms with Crippen molar-refractivity contribution in [2.24, 2.45) is 0 Å². The normalized spacial score (nSPS) is 11.7. The summed E-state index contributed by atoms with van der Waals surface area (Å²) in [4.78, 5) is 11.4. The number of nitrogens with one attached hydrogen (secondary N) is 1. The molecule has 0 aromatic heterocycles. The van der Waals surface area contributed by atoms with Gasteiger partial charge in [0.1, 0.15) is 5.60 Å². The van der Waals surface area contributed by atoms with Crippen LogP contribution >= 0.6 is 0 Å². The van der Waals surface area contributed by atoms with Crippen molar-refractivity contribution in [3.63, 3.8) is 0 Å². The van der Waals surface area contributed by atoms with Gasteiger partial charge in [-0.2, -0.15) is 0 Å². The first-order valence-corrected chi connectivity index (χ1v) is 4.42. The van der Waals surface area contributed by atoms with Gasteiger partial charge < -0.3 is 10.1 Å². The number of hydrogen-bond donors (Lipinski definition) is 1. The van der Waals surface area contributed by atoms with Crippen molar-refractivity contribution in [1.29, 1.82) is 0 Å². The fourth-order valence-corrected chi connectivity index (χ4v) is 0.893. The average molecular weight is 173 g/mol. The summed E-state index contributed by atoms with van der Waals surface area (Å²) >= 11 is 0. The van der Waals surface area contributed by atoms with E-state index in [1.54, 1.807) is 13.8 Å². The summed E-state index contributed by atoms with van der Waals surface area (Å²) in [6.45, 7) is 9.25. The highest BCUT2D eigenvalue weighted by molar-refractivity contribution is 5.88. The number of Topliss-reactive ketones (excluding diaryl/α,β-unsaturated/α-hetero) is 1. The van der Waals surface area contributed by atoms with E-state index in [0.717, 1.165) is 6.54 Å². The third kappa shape index (κ3) is 3.83. The maximum atomic E-state index is 11.4. The molecular formula is C9H19NO2. The molecule has 0 aliphatic carbocycles. The molecule has 0 saturated heterocycles. The van der Waals surface area contributed by atoms with E-state index in [4.69, 9.17) is 4.74 Å². The van der Waals surface area contributed by atoms with Crippen molar-refractivity contribution in [2.75, 3.05) is 19.7 Å². The molecule has 1 N–H and O–H groups in total. The van der Waals surface area contributed by atoms with Crippen molar-refractivity contribution >= 4 is 5.78 Å². The number of carbonyl (C=O) groups excluding carboxylic acids is 1. The quantitative estimate of drug-likeness (QED) is 0.650. The maximum Gasteiger partial charge on any atom is 0.177 e. The van der Waals surface area contributed by atoms with Gasteiger partial charge in [-0.1, -0.05) is 6.92 Å². The molecule has 3 nitrogen and oxygen atoms in total. The van der Waals surface area contributed by atoms with E-state index in [0.29, 0.717) is 13.2 Å². The summed E-state index contributed by atoms with van der Waals surface area (Å²) in [5, 5.41) is 2.98. The second-order valence-electron chi connectivity index (χ2n) is 3.15. The summed E-state index contributed by atoms with van der Waals surface area (Å²) in [5.74, 6) is 0.103. The lowest BCUT2D eigenvalue weighted by atomic mass is 10.0. The van der Waals surface area contributed by atoms with Gasteiger partial charge in [0.25, 0.3) is 0 Å². The molecule has 0 rings (SSSR count). The van der Waals surface area contributed by atoms with E-state index in [2.05, 4.69) is 5.32 Å². The molecule has 0 bridgehead atoms. The topological polar surface area (TPSA) is 38.3 Å². The van der Waals surface area contributed by atoms with E-state index in [1.807, 2.05) is 13.8 Å². The van der Waals surface area contributed by atoms with Gasteiger partial charge in [0.05, 0.1) is 6.54 Å². The Bertz CT molecular complexity index is 143. The summed E-state index contributed by atoms with van der Waals surface area (Å²) < 4.78 is 5.30. The monoisotopic (exact) mass is 173 g/mol. The third-order valence-electron chi connectivity index (χ3n) is 1.71. The Labute approximate surface area is 74.5 Å². The minimum atomic E-state index is -0.642. The number of carbonyl (C=O) groups is 1. The average Bonchev–Trinajstić information content (AvgIpc) is 2.00. The lowest BCUT2D eigenvalue weighted by molar-refractivity contribution is -0.138. The minimum Gasteiger partial charge on any atom is -0.368 e. The number of ketones is 1. The standard InChI is InChI=1S/C9H19NO2/c1-5-10-7-8(11)9(3,4)12-6-2/h10H,5-7H2,1-4H3. The van der Waals surface area contributed by atoms with Gasteiger partial charge in [-0.3, -0.25) is 4.79 Å². The smallest absolute Gasteiger partial charge is 0.177 e. The maximum absolute atomic E-state index is 11.4. The van der Waals surface area contributed by atoms with Gasteiger partial charge in [-0.25, -0.2) is 0 Å². The number of ether oxygens (including phenoxy) is 1. The van der Waals surface area contributed by atoms with Crippen LogP contribution in [0.25, 0.3) is 0 Å². The molecule has 0 saturated carbocycles. The van der Waals surface area contributed by atoms with Crippen LogP contribution in [0.15, 0.2) is 0 Å². The van der Waals surface area contributed by atoms with E-state index < -0.39 is 5.60 Å². The number of hydrogen-bond acceptors (Lipinski definition) is 3. The van der Waals surface area contributed by atoms with Crippen LogP contribution in [0.3, 0.4) is 0 Å². The Kier molecular flexibility index (Phi) is 5.09. The van der Waals surface area contributed by atoms with E-state index >= 15 is 0 Å². The van der Waals surface area contributed by atoms with Crippen LogP contribution < -0.4 is 5.32 Å². The Morgan fingerprint density at radius 3 is 2.42 bits per heavy atom. The zero-order chi connectivity index (χ0) is 9.61. The first-order chi connectivity index (χ1) is 5.54. The molecule has 12 heavy (non-hydrogen) atoms. The molecule has 0 spiro atoms. The molecule has 0 aliphatic rings. The van der Waals surface area contributed by atoms with Crippen LogP contribution in [0.2, 0.25) is 0 Å². The van der Waals surface area contributed by atoms with E-state index in [-0.39, 0.29) is 5.78 Å². The first kappa shape index (κ1) is 11.6. The van der Waals surface area contributed by atoms with E-state index in [9.17, 15) is 4.79 Å². The largest absolute Gasteiger partial charge is 0.368 e. The van der Waals surface area contributed by atoms with Crippen LogP contribution in [0.5, 0.6) is 0 Å². The van der Waals surface area contributed by atoms with Crippen LogP contribution in [-0.2, 0) is 9.53 Å². The Morgan fingerprint density at radius 2 is 2.00 bits per heavy atom. The Morgan fingerprint density at radius 1 is 1.42 bits per heavy atom. The van der Waals surface area contributed by atoms with Crippen molar-refractivity contribution in [1.82, 2.24) is 5.32 Å². The molecule has 0 aromatic carbocycles. The molecule has 0 aromatic rings. The highest BCUT2D eigenvalue weighted by atomic mass is 16.5. The van der Waals surface area contributed by atoms with Crippen LogP contribution in [0, 0.1) is 0 Å². The molecule has 0 fully saturated rings. The van der Waals surface area contributed by atoms with Crippen LogP contribution in [0.1, 0.15) is 27.7 Å². The first-order valence-electron chi connectivity index (χ1n) is 4.42. The van der Waals surface area contributed by atoms with Crippen molar-refractivity contribution in [2.45, 2.75) is 33.3 Å². The van der Waals surface area contributed by atoms with Gasteiger partial charge >= 0.3 is 0 Å². The molecule has 0 radical (unpaired) electrons. The van der Waals surface area contributed by atoms with Gasteiger partial charge in [-0.15, -0.1) is 0 Å². The van der Waals surface area contributed by atoms with Gasteiger partial charge in [0.15, 0.2) is 5.78 Å². The Hall–Kier alpha value is -0.410. The highest BCUT2D eigenvalue weighted by Gasteiger charge is 2.26. The van der Waals surface area contributed by atoms with Crippen molar-refractivity contribution < 1.29 is 9.53 Å². The summed E-state index contributed by atoms with van der Waals surface area (Å²) in [5.41, 5.74) is -0.642. The second kappa shape index (κ2) is 5.27. The molecule has 72 valence electrons. The molecule has 0 unspecified atom stereocenters. The zero-order valence-corrected chi connectivity index (χ0v) is 8.44. The number of rotatable bonds is 6.